The maximum atomic E-state index is 11.3. The molecule has 0 aromatic carbocycles. The van der Waals surface area contributed by atoms with E-state index < -0.39 is 5.69 Å². The Hall–Kier alpha value is -1.52. The maximum Gasteiger partial charge on any atom is 0.361 e. The standard InChI is InChI=1S/C10H16N2O3/c1-3-5-6-15-12-7-8(4-2)9(13)11-10(12)14/h7H,3-6H2,1-2H3,(H,11,13,14). The third kappa shape index (κ3) is 2.97. The average Bonchev–Trinajstić information content (AvgIpc) is 2.21. The number of nitrogens with zero attached hydrogens (tertiary/aromatic N) is 1. The molecule has 0 aliphatic heterocycles. The van der Waals surface area contributed by atoms with Gasteiger partial charge >= 0.3 is 5.69 Å². The summed E-state index contributed by atoms with van der Waals surface area (Å²) in [6.07, 6.45) is 3.91. The van der Waals surface area contributed by atoms with Crippen LogP contribution in [0.4, 0.5) is 0 Å². The van der Waals surface area contributed by atoms with Crippen molar-refractivity contribution < 1.29 is 4.84 Å². The zero-order chi connectivity index (χ0) is 11.3. The van der Waals surface area contributed by atoms with Crippen molar-refractivity contribution in [2.75, 3.05) is 6.61 Å². The Morgan fingerprint density at radius 1 is 1.40 bits per heavy atom. The van der Waals surface area contributed by atoms with Gasteiger partial charge in [-0.25, -0.2) is 4.79 Å². The van der Waals surface area contributed by atoms with Crippen LogP contribution in [0.25, 0.3) is 0 Å². The van der Waals surface area contributed by atoms with Gasteiger partial charge in [0.15, 0.2) is 0 Å². The number of aromatic amines is 1. The number of hydrogen-bond acceptors (Lipinski definition) is 3. The summed E-state index contributed by atoms with van der Waals surface area (Å²) in [4.78, 5) is 29.9. The maximum absolute atomic E-state index is 11.3. The van der Waals surface area contributed by atoms with Gasteiger partial charge in [-0.05, 0) is 12.8 Å². The van der Waals surface area contributed by atoms with Crippen molar-refractivity contribution in [1.82, 2.24) is 9.71 Å². The number of hydrogen-bond donors (Lipinski definition) is 1. The van der Waals surface area contributed by atoms with Crippen LogP contribution in [-0.2, 0) is 6.42 Å². The van der Waals surface area contributed by atoms with Gasteiger partial charge in [-0.3, -0.25) is 9.78 Å². The highest BCUT2D eigenvalue weighted by molar-refractivity contribution is 5.02. The van der Waals surface area contributed by atoms with Crippen LogP contribution in [0.2, 0.25) is 0 Å². The molecule has 0 amide bonds. The molecule has 1 aromatic heterocycles. The van der Waals surface area contributed by atoms with E-state index in [0.717, 1.165) is 17.6 Å². The first-order chi connectivity index (χ1) is 7.19. The topological polar surface area (TPSA) is 64.1 Å². The predicted molar refractivity (Wildman–Crippen MR) is 57.1 cm³/mol. The molecule has 84 valence electrons. The lowest BCUT2D eigenvalue weighted by atomic mass is 10.3. The van der Waals surface area contributed by atoms with E-state index in [1.807, 2.05) is 13.8 Å². The van der Waals surface area contributed by atoms with Gasteiger partial charge in [0.25, 0.3) is 5.56 Å². The summed E-state index contributed by atoms with van der Waals surface area (Å²) in [6, 6.07) is 0. The van der Waals surface area contributed by atoms with Crippen LogP contribution >= 0.6 is 0 Å². The molecule has 0 bridgehead atoms. The second-order valence-electron chi connectivity index (χ2n) is 3.28. The highest BCUT2D eigenvalue weighted by Crippen LogP contribution is 1.89. The molecule has 1 aromatic rings. The molecule has 1 heterocycles. The van der Waals surface area contributed by atoms with Crippen LogP contribution in [0.5, 0.6) is 0 Å². The smallest absolute Gasteiger partial charge is 0.361 e. The molecular formula is C10H16N2O3. The minimum Gasteiger partial charge on any atom is -0.410 e. The van der Waals surface area contributed by atoms with Gasteiger partial charge < -0.3 is 4.84 Å². The van der Waals surface area contributed by atoms with Crippen LogP contribution in [0.3, 0.4) is 0 Å². The number of rotatable bonds is 5. The van der Waals surface area contributed by atoms with Crippen LogP contribution in [0.1, 0.15) is 32.3 Å². The molecule has 0 atom stereocenters. The fourth-order valence-corrected chi connectivity index (χ4v) is 1.15. The first kappa shape index (κ1) is 11.6. The van der Waals surface area contributed by atoms with E-state index >= 15 is 0 Å². The summed E-state index contributed by atoms with van der Waals surface area (Å²) in [6.45, 7) is 4.37. The van der Waals surface area contributed by atoms with Crippen molar-refractivity contribution in [3.05, 3.63) is 32.6 Å². The fourth-order valence-electron chi connectivity index (χ4n) is 1.15. The molecule has 0 radical (unpaired) electrons. The highest BCUT2D eigenvalue weighted by Gasteiger charge is 2.02. The minimum absolute atomic E-state index is 0.335. The second kappa shape index (κ2) is 5.38. The largest absolute Gasteiger partial charge is 0.410 e. The molecule has 1 rings (SSSR count). The van der Waals surface area contributed by atoms with Crippen molar-refractivity contribution in [3.8, 4) is 0 Å². The molecule has 0 aliphatic carbocycles. The van der Waals surface area contributed by atoms with E-state index in [4.69, 9.17) is 4.84 Å². The van der Waals surface area contributed by atoms with Gasteiger partial charge in [-0.2, -0.15) is 0 Å². The van der Waals surface area contributed by atoms with Gasteiger partial charge in [0, 0.05) is 5.56 Å². The van der Waals surface area contributed by atoms with Gasteiger partial charge in [0.05, 0.1) is 6.20 Å². The minimum atomic E-state index is -0.520. The molecule has 0 saturated heterocycles. The summed E-state index contributed by atoms with van der Waals surface area (Å²) >= 11 is 0. The second-order valence-corrected chi connectivity index (χ2v) is 3.28. The number of nitrogens with one attached hydrogen (secondary N) is 1. The van der Waals surface area contributed by atoms with Gasteiger partial charge in [-0.1, -0.05) is 20.3 Å². The monoisotopic (exact) mass is 212 g/mol. The Morgan fingerprint density at radius 3 is 2.73 bits per heavy atom. The fraction of sp³-hybridized carbons (Fsp3) is 0.600. The summed E-state index contributed by atoms with van der Waals surface area (Å²) in [5, 5.41) is 0. The summed E-state index contributed by atoms with van der Waals surface area (Å²) in [5.74, 6) is 0. The lowest BCUT2D eigenvalue weighted by Gasteiger charge is -2.07. The van der Waals surface area contributed by atoms with E-state index in [-0.39, 0.29) is 5.56 Å². The van der Waals surface area contributed by atoms with Crippen LogP contribution in [-0.4, -0.2) is 16.3 Å². The van der Waals surface area contributed by atoms with Gasteiger partial charge in [0.2, 0.25) is 0 Å². The number of aromatic nitrogens is 2. The molecule has 0 unspecified atom stereocenters. The number of aryl methyl sites for hydroxylation is 1. The van der Waals surface area contributed by atoms with Crippen LogP contribution in [0, 0.1) is 0 Å². The zero-order valence-electron chi connectivity index (χ0n) is 9.08. The van der Waals surface area contributed by atoms with Crippen molar-refractivity contribution in [2.45, 2.75) is 33.1 Å². The van der Waals surface area contributed by atoms with Crippen molar-refractivity contribution in [2.24, 2.45) is 0 Å². The van der Waals surface area contributed by atoms with E-state index in [2.05, 4.69) is 4.98 Å². The first-order valence-corrected chi connectivity index (χ1v) is 5.17. The Kier molecular flexibility index (Phi) is 4.15. The average molecular weight is 212 g/mol. The third-order valence-corrected chi connectivity index (χ3v) is 2.09. The molecule has 0 fully saturated rings. The Balaban J connectivity index is 2.88. The van der Waals surface area contributed by atoms with E-state index in [0.29, 0.717) is 18.6 Å². The van der Waals surface area contributed by atoms with Crippen molar-refractivity contribution >= 4 is 0 Å². The summed E-state index contributed by atoms with van der Waals surface area (Å²) < 4.78 is 1.09. The van der Waals surface area contributed by atoms with E-state index in [1.165, 1.54) is 6.20 Å². The normalized spacial score (nSPS) is 10.3. The van der Waals surface area contributed by atoms with Gasteiger partial charge in [-0.15, -0.1) is 4.73 Å². The third-order valence-electron chi connectivity index (χ3n) is 2.09. The summed E-state index contributed by atoms with van der Waals surface area (Å²) in [7, 11) is 0. The lowest BCUT2D eigenvalue weighted by Crippen LogP contribution is -2.35. The molecule has 0 spiro atoms. The Morgan fingerprint density at radius 2 is 2.13 bits per heavy atom. The molecular weight excluding hydrogens is 196 g/mol. The molecule has 5 nitrogen and oxygen atoms in total. The molecule has 1 N–H and O–H groups in total. The lowest BCUT2D eigenvalue weighted by molar-refractivity contribution is 0.0951. The Labute approximate surface area is 87.7 Å². The molecule has 5 heteroatoms. The molecule has 0 aliphatic rings. The highest BCUT2D eigenvalue weighted by atomic mass is 16.7. The number of unbranched alkanes of at least 4 members (excludes halogenated alkanes) is 1. The van der Waals surface area contributed by atoms with Crippen molar-refractivity contribution in [1.29, 1.82) is 0 Å². The molecule has 0 saturated carbocycles. The van der Waals surface area contributed by atoms with E-state index in [1.54, 1.807) is 0 Å². The van der Waals surface area contributed by atoms with Crippen LogP contribution in [0.15, 0.2) is 15.8 Å². The van der Waals surface area contributed by atoms with Crippen LogP contribution < -0.4 is 16.1 Å². The predicted octanol–water partition coefficient (Wildman–Crippen LogP) is 0.328. The van der Waals surface area contributed by atoms with Crippen molar-refractivity contribution in [3.63, 3.8) is 0 Å². The zero-order valence-corrected chi connectivity index (χ0v) is 9.08. The quantitative estimate of drug-likeness (QED) is 0.715. The van der Waals surface area contributed by atoms with E-state index in [9.17, 15) is 9.59 Å². The van der Waals surface area contributed by atoms with Gasteiger partial charge in [0.1, 0.15) is 6.61 Å². The summed E-state index contributed by atoms with van der Waals surface area (Å²) in [5.41, 5.74) is -0.308. The SMILES string of the molecule is CCCCOn1cc(CC)c(=O)[nH]c1=O. The number of H-pyrrole nitrogens is 1. The Bertz CT molecular complexity index is 419. The first-order valence-electron chi connectivity index (χ1n) is 5.17. The molecule has 15 heavy (non-hydrogen) atoms.